The third kappa shape index (κ3) is 5.11. The highest BCUT2D eigenvalue weighted by Gasteiger charge is 2.30. The summed E-state index contributed by atoms with van der Waals surface area (Å²) in [5, 5.41) is 6.52. The zero-order valence-corrected chi connectivity index (χ0v) is 15.4. The largest absolute Gasteiger partial charge is 0.349 e. The number of hydrogen-bond donors (Lipinski definition) is 2. The summed E-state index contributed by atoms with van der Waals surface area (Å²) in [7, 11) is 0. The van der Waals surface area contributed by atoms with E-state index in [2.05, 4.69) is 10.6 Å². The molecule has 2 fully saturated rings. The van der Waals surface area contributed by atoms with Crippen LogP contribution in [0, 0.1) is 11.7 Å². The topological polar surface area (TPSA) is 41.1 Å². The van der Waals surface area contributed by atoms with Crippen LogP contribution in [-0.4, -0.2) is 30.0 Å². The van der Waals surface area contributed by atoms with Gasteiger partial charge in [-0.05, 0) is 24.8 Å². The summed E-state index contributed by atoms with van der Waals surface area (Å²) < 4.78 is 14.2. The second-order valence-corrected chi connectivity index (χ2v) is 7.69. The SMILES string of the molecule is Cl.O=C(CC1CSCCN1)NC(c1ccccc1F)C1CCCC1. The van der Waals surface area contributed by atoms with E-state index in [4.69, 9.17) is 0 Å². The maximum absolute atomic E-state index is 14.2. The fraction of sp³-hybridized carbons (Fsp3) is 0.611. The second-order valence-electron chi connectivity index (χ2n) is 6.54. The van der Waals surface area contributed by atoms with Gasteiger partial charge in [0.1, 0.15) is 5.82 Å². The molecule has 134 valence electrons. The number of benzene rings is 1. The van der Waals surface area contributed by atoms with Gasteiger partial charge in [0, 0.05) is 36.1 Å². The highest BCUT2D eigenvalue weighted by Crippen LogP contribution is 2.36. The molecule has 1 aromatic rings. The van der Waals surface area contributed by atoms with E-state index in [0.29, 0.717) is 17.9 Å². The molecule has 0 aromatic heterocycles. The van der Waals surface area contributed by atoms with Gasteiger partial charge in [0.15, 0.2) is 0 Å². The first-order valence-electron chi connectivity index (χ1n) is 8.59. The van der Waals surface area contributed by atoms with E-state index in [-0.39, 0.29) is 36.2 Å². The van der Waals surface area contributed by atoms with Gasteiger partial charge in [-0.15, -0.1) is 12.4 Å². The summed E-state index contributed by atoms with van der Waals surface area (Å²) in [4.78, 5) is 12.5. The molecule has 0 bridgehead atoms. The molecule has 1 aliphatic carbocycles. The Morgan fingerprint density at radius 1 is 1.33 bits per heavy atom. The van der Waals surface area contributed by atoms with Gasteiger partial charge in [0.2, 0.25) is 5.91 Å². The van der Waals surface area contributed by atoms with Crippen molar-refractivity contribution in [2.24, 2.45) is 5.92 Å². The Kier molecular flexibility index (Phi) is 7.85. The Morgan fingerprint density at radius 2 is 2.08 bits per heavy atom. The lowest BCUT2D eigenvalue weighted by Gasteiger charge is -2.28. The molecule has 0 spiro atoms. The van der Waals surface area contributed by atoms with Gasteiger partial charge >= 0.3 is 0 Å². The van der Waals surface area contributed by atoms with Crippen LogP contribution in [0.15, 0.2) is 24.3 Å². The number of thioether (sulfide) groups is 1. The van der Waals surface area contributed by atoms with E-state index < -0.39 is 0 Å². The molecule has 6 heteroatoms. The first-order valence-corrected chi connectivity index (χ1v) is 9.74. The minimum absolute atomic E-state index is 0. The lowest BCUT2D eigenvalue weighted by atomic mass is 9.91. The van der Waals surface area contributed by atoms with E-state index in [0.717, 1.165) is 30.9 Å². The van der Waals surface area contributed by atoms with E-state index in [9.17, 15) is 9.18 Å². The molecule has 1 aromatic carbocycles. The van der Waals surface area contributed by atoms with Crippen molar-refractivity contribution in [3.8, 4) is 0 Å². The predicted octanol–water partition coefficient (Wildman–Crippen LogP) is 3.69. The summed E-state index contributed by atoms with van der Waals surface area (Å²) in [6.07, 6.45) is 4.96. The molecule has 1 saturated carbocycles. The average Bonchev–Trinajstić information content (AvgIpc) is 3.09. The Bertz CT molecular complexity index is 534. The van der Waals surface area contributed by atoms with Crippen LogP contribution < -0.4 is 10.6 Å². The maximum Gasteiger partial charge on any atom is 0.222 e. The summed E-state index contributed by atoms with van der Waals surface area (Å²) in [6, 6.07) is 6.90. The normalized spacial score (nSPS) is 22.6. The van der Waals surface area contributed by atoms with Crippen molar-refractivity contribution in [1.82, 2.24) is 10.6 Å². The summed E-state index contributed by atoms with van der Waals surface area (Å²) in [6.45, 7) is 0.960. The highest BCUT2D eigenvalue weighted by molar-refractivity contribution is 7.99. The number of carbonyl (C=O) groups is 1. The van der Waals surface area contributed by atoms with Crippen LogP contribution in [-0.2, 0) is 4.79 Å². The Hall–Kier alpha value is -0.780. The zero-order chi connectivity index (χ0) is 16.1. The van der Waals surface area contributed by atoms with Crippen LogP contribution in [0.4, 0.5) is 4.39 Å². The van der Waals surface area contributed by atoms with E-state index >= 15 is 0 Å². The van der Waals surface area contributed by atoms with Gasteiger partial charge in [0.25, 0.3) is 0 Å². The molecule has 3 rings (SSSR count). The molecular weight excluding hydrogens is 347 g/mol. The molecule has 0 radical (unpaired) electrons. The van der Waals surface area contributed by atoms with Gasteiger partial charge in [-0.2, -0.15) is 11.8 Å². The molecule has 1 heterocycles. The van der Waals surface area contributed by atoms with Crippen LogP contribution in [0.25, 0.3) is 0 Å². The fourth-order valence-corrected chi connectivity index (χ4v) is 4.62. The van der Waals surface area contributed by atoms with Gasteiger partial charge in [-0.25, -0.2) is 4.39 Å². The van der Waals surface area contributed by atoms with E-state index in [1.54, 1.807) is 6.07 Å². The summed E-state index contributed by atoms with van der Waals surface area (Å²) in [5.74, 6) is 2.25. The highest BCUT2D eigenvalue weighted by atomic mass is 35.5. The van der Waals surface area contributed by atoms with Crippen molar-refractivity contribution in [2.45, 2.75) is 44.2 Å². The fourth-order valence-electron chi connectivity index (χ4n) is 3.67. The molecule has 2 atom stereocenters. The zero-order valence-electron chi connectivity index (χ0n) is 13.8. The molecule has 3 nitrogen and oxygen atoms in total. The molecule has 1 aliphatic heterocycles. The van der Waals surface area contributed by atoms with Crippen LogP contribution >= 0.6 is 24.2 Å². The maximum atomic E-state index is 14.2. The third-order valence-corrected chi connectivity index (χ3v) is 5.99. The van der Waals surface area contributed by atoms with Gasteiger partial charge in [-0.1, -0.05) is 31.0 Å². The quantitative estimate of drug-likeness (QED) is 0.828. The molecule has 2 aliphatic rings. The van der Waals surface area contributed by atoms with Gasteiger partial charge < -0.3 is 10.6 Å². The van der Waals surface area contributed by atoms with Crippen molar-refractivity contribution in [3.05, 3.63) is 35.6 Å². The first-order chi connectivity index (χ1) is 11.2. The minimum atomic E-state index is -0.212. The lowest BCUT2D eigenvalue weighted by molar-refractivity contribution is -0.122. The van der Waals surface area contributed by atoms with E-state index in [1.165, 1.54) is 18.9 Å². The molecule has 1 saturated heterocycles. The van der Waals surface area contributed by atoms with Crippen molar-refractivity contribution >= 4 is 30.1 Å². The average molecular weight is 373 g/mol. The number of rotatable bonds is 5. The van der Waals surface area contributed by atoms with Crippen molar-refractivity contribution < 1.29 is 9.18 Å². The molecule has 24 heavy (non-hydrogen) atoms. The number of carbonyl (C=O) groups excluding carboxylic acids is 1. The number of hydrogen-bond acceptors (Lipinski definition) is 3. The predicted molar refractivity (Wildman–Crippen MR) is 100 cm³/mol. The van der Waals surface area contributed by atoms with Crippen molar-refractivity contribution in [2.75, 3.05) is 18.1 Å². The van der Waals surface area contributed by atoms with Crippen molar-refractivity contribution in [1.29, 1.82) is 0 Å². The Labute approximate surface area is 154 Å². The van der Waals surface area contributed by atoms with Crippen LogP contribution in [0.2, 0.25) is 0 Å². The molecular formula is C18H26ClFN2OS. The van der Waals surface area contributed by atoms with Gasteiger partial charge in [0.05, 0.1) is 6.04 Å². The smallest absolute Gasteiger partial charge is 0.222 e. The number of halogens is 2. The lowest BCUT2D eigenvalue weighted by Crippen LogP contribution is -2.42. The Morgan fingerprint density at radius 3 is 2.75 bits per heavy atom. The number of amides is 1. The standard InChI is InChI=1S/C18H25FN2OS.ClH/c19-16-8-4-3-7-15(16)18(13-5-1-2-6-13)21-17(22)11-14-12-23-10-9-20-14;/h3-4,7-8,13-14,18,20H,1-2,5-6,9-12H2,(H,21,22);1H. The first kappa shape index (κ1) is 19.5. The van der Waals surface area contributed by atoms with Gasteiger partial charge in [-0.3, -0.25) is 4.79 Å². The monoisotopic (exact) mass is 372 g/mol. The van der Waals surface area contributed by atoms with Crippen LogP contribution in [0.5, 0.6) is 0 Å². The van der Waals surface area contributed by atoms with Crippen LogP contribution in [0.3, 0.4) is 0 Å². The third-order valence-electron chi connectivity index (χ3n) is 4.86. The molecule has 2 unspecified atom stereocenters. The van der Waals surface area contributed by atoms with Crippen LogP contribution in [0.1, 0.15) is 43.7 Å². The summed E-state index contributed by atoms with van der Waals surface area (Å²) >= 11 is 1.89. The molecule has 1 amide bonds. The Balaban J connectivity index is 0.00000208. The minimum Gasteiger partial charge on any atom is -0.349 e. The molecule has 2 N–H and O–H groups in total. The summed E-state index contributed by atoms with van der Waals surface area (Å²) in [5.41, 5.74) is 0.638. The second kappa shape index (κ2) is 9.64. The van der Waals surface area contributed by atoms with E-state index in [1.807, 2.05) is 23.9 Å². The number of nitrogens with one attached hydrogen (secondary N) is 2. The van der Waals surface area contributed by atoms with Crippen molar-refractivity contribution in [3.63, 3.8) is 0 Å².